The van der Waals surface area contributed by atoms with Crippen LogP contribution in [0.25, 0.3) is 0 Å². The van der Waals surface area contributed by atoms with Crippen LogP contribution < -0.4 is 5.32 Å². The van der Waals surface area contributed by atoms with Crippen LogP contribution in [0.4, 0.5) is 4.39 Å². The van der Waals surface area contributed by atoms with Crippen molar-refractivity contribution >= 4 is 0 Å². The highest BCUT2D eigenvalue weighted by Gasteiger charge is 2.08. The lowest BCUT2D eigenvalue weighted by molar-refractivity contribution is 0.538. The Labute approximate surface area is 91.0 Å². The molecule has 1 unspecified atom stereocenters. The lowest BCUT2D eigenvalue weighted by Crippen LogP contribution is -2.22. The monoisotopic (exact) mass is 207 g/mol. The predicted molar refractivity (Wildman–Crippen MR) is 62.2 cm³/mol. The van der Waals surface area contributed by atoms with Crippen LogP contribution in [-0.2, 0) is 0 Å². The molecule has 0 aliphatic heterocycles. The third-order valence-corrected chi connectivity index (χ3v) is 2.31. The van der Waals surface area contributed by atoms with Crippen molar-refractivity contribution in [3.63, 3.8) is 0 Å². The van der Waals surface area contributed by atoms with E-state index in [4.69, 9.17) is 0 Å². The molecule has 0 aliphatic rings. The van der Waals surface area contributed by atoms with Gasteiger partial charge in [-0.1, -0.05) is 31.2 Å². The summed E-state index contributed by atoms with van der Waals surface area (Å²) in [6.07, 6.45) is 0.941. The van der Waals surface area contributed by atoms with Crippen LogP contribution in [0.15, 0.2) is 36.4 Å². The van der Waals surface area contributed by atoms with Crippen molar-refractivity contribution in [2.24, 2.45) is 0 Å². The summed E-state index contributed by atoms with van der Waals surface area (Å²) in [6, 6.07) is 6.95. The highest BCUT2D eigenvalue weighted by molar-refractivity contribution is 5.20. The van der Waals surface area contributed by atoms with Crippen molar-refractivity contribution in [3.05, 3.63) is 47.8 Å². The summed E-state index contributed by atoms with van der Waals surface area (Å²) in [7, 11) is 0. The van der Waals surface area contributed by atoms with E-state index >= 15 is 0 Å². The minimum atomic E-state index is -0.178. The summed E-state index contributed by atoms with van der Waals surface area (Å²) in [5, 5.41) is 3.35. The number of benzene rings is 1. The van der Waals surface area contributed by atoms with Gasteiger partial charge in [0.05, 0.1) is 0 Å². The molecule has 0 saturated heterocycles. The first-order valence-corrected chi connectivity index (χ1v) is 5.26. The first-order chi connectivity index (χ1) is 7.13. The lowest BCUT2D eigenvalue weighted by atomic mass is 10.0. The number of rotatable bonds is 5. The summed E-state index contributed by atoms with van der Waals surface area (Å²) < 4.78 is 13.0. The highest BCUT2D eigenvalue weighted by Crippen LogP contribution is 2.17. The van der Waals surface area contributed by atoms with Crippen molar-refractivity contribution < 1.29 is 4.39 Å². The number of halogens is 1. The SMILES string of the molecule is C=C(C)CNC(CC)c1cccc(F)c1. The Hall–Kier alpha value is -1.15. The molecule has 0 radical (unpaired) electrons. The molecule has 0 fully saturated rings. The predicted octanol–water partition coefficient (Wildman–Crippen LogP) is 3.44. The van der Waals surface area contributed by atoms with Crippen molar-refractivity contribution in [2.45, 2.75) is 26.3 Å². The highest BCUT2D eigenvalue weighted by atomic mass is 19.1. The van der Waals surface area contributed by atoms with Crippen molar-refractivity contribution in [2.75, 3.05) is 6.54 Å². The van der Waals surface area contributed by atoms with Gasteiger partial charge >= 0.3 is 0 Å². The van der Waals surface area contributed by atoms with Gasteiger partial charge in [0.1, 0.15) is 5.82 Å². The molecule has 0 amide bonds. The summed E-state index contributed by atoms with van der Waals surface area (Å²) in [4.78, 5) is 0. The van der Waals surface area contributed by atoms with Gasteiger partial charge in [0.2, 0.25) is 0 Å². The maximum atomic E-state index is 13.0. The molecule has 2 heteroatoms. The van der Waals surface area contributed by atoms with Gasteiger partial charge in [-0.2, -0.15) is 0 Å². The van der Waals surface area contributed by atoms with Crippen LogP contribution in [0.5, 0.6) is 0 Å². The van der Waals surface area contributed by atoms with E-state index in [1.807, 2.05) is 13.0 Å². The largest absolute Gasteiger partial charge is 0.306 e. The van der Waals surface area contributed by atoms with Crippen LogP contribution in [0.1, 0.15) is 31.9 Å². The maximum Gasteiger partial charge on any atom is 0.123 e. The van der Waals surface area contributed by atoms with Crippen LogP contribution in [0, 0.1) is 5.82 Å². The Morgan fingerprint density at radius 3 is 2.80 bits per heavy atom. The second-order valence-corrected chi connectivity index (χ2v) is 3.85. The standard InChI is InChI=1S/C13H18FN/c1-4-13(15-9-10(2)3)11-6-5-7-12(14)8-11/h5-8,13,15H,2,4,9H2,1,3H3. The zero-order valence-electron chi connectivity index (χ0n) is 9.39. The van der Waals surface area contributed by atoms with Gasteiger partial charge in [-0.05, 0) is 31.0 Å². The minimum absolute atomic E-state index is 0.178. The average molecular weight is 207 g/mol. The van der Waals surface area contributed by atoms with Crippen LogP contribution in [0.2, 0.25) is 0 Å². The zero-order valence-corrected chi connectivity index (χ0v) is 9.39. The van der Waals surface area contributed by atoms with Gasteiger partial charge in [0.25, 0.3) is 0 Å². The molecule has 15 heavy (non-hydrogen) atoms. The molecule has 0 aromatic heterocycles. The smallest absolute Gasteiger partial charge is 0.123 e. The fourth-order valence-electron chi connectivity index (χ4n) is 1.52. The Kier molecular flexibility index (Phi) is 4.50. The average Bonchev–Trinajstić information content (AvgIpc) is 2.18. The molecular formula is C13H18FN. The molecule has 0 spiro atoms. The van der Waals surface area contributed by atoms with Crippen molar-refractivity contribution in [1.29, 1.82) is 0 Å². The van der Waals surface area contributed by atoms with Gasteiger partial charge in [-0.3, -0.25) is 0 Å². The molecule has 82 valence electrons. The van der Waals surface area contributed by atoms with Crippen molar-refractivity contribution in [3.8, 4) is 0 Å². The molecule has 0 aliphatic carbocycles. The van der Waals surface area contributed by atoms with E-state index in [9.17, 15) is 4.39 Å². The van der Waals surface area contributed by atoms with Gasteiger partial charge in [-0.25, -0.2) is 4.39 Å². The van der Waals surface area contributed by atoms with Gasteiger partial charge < -0.3 is 5.32 Å². The first-order valence-electron chi connectivity index (χ1n) is 5.26. The minimum Gasteiger partial charge on any atom is -0.306 e. The Balaban J connectivity index is 2.69. The summed E-state index contributed by atoms with van der Waals surface area (Å²) >= 11 is 0. The third-order valence-electron chi connectivity index (χ3n) is 2.31. The molecule has 1 nitrogen and oxygen atoms in total. The summed E-state index contributed by atoms with van der Waals surface area (Å²) in [5.74, 6) is -0.178. The third kappa shape index (κ3) is 3.84. The fraction of sp³-hybridized carbons (Fsp3) is 0.385. The topological polar surface area (TPSA) is 12.0 Å². The van der Waals surface area contributed by atoms with E-state index in [2.05, 4.69) is 18.8 Å². The number of hydrogen-bond acceptors (Lipinski definition) is 1. The van der Waals surface area contributed by atoms with E-state index in [1.54, 1.807) is 12.1 Å². The molecule has 1 aromatic carbocycles. The lowest BCUT2D eigenvalue weighted by Gasteiger charge is -2.17. The summed E-state index contributed by atoms with van der Waals surface area (Å²) in [6.45, 7) is 8.67. The van der Waals surface area contributed by atoms with E-state index in [1.165, 1.54) is 6.07 Å². The number of hydrogen-bond donors (Lipinski definition) is 1. The van der Waals surface area contributed by atoms with Gasteiger partial charge in [-0.15, -0.1) is 0 Å². The van der Waals surface area contributed by atoms with E-state index in [-0.39, 0.29) is 11.9 Å². The molecule has 0 heterocycles. The summed E-state index contributed by atoms with van der Waals surface area (Å²) in [5.41, 5.74) is 2.09. The molecule has 1 aromatic rings. The van der Waals surface area contributed by atoms with E-state index in [0.717, 1.165) is 24.1 Å². The Morgan fingerprint density at radius 2 is 2.27 bits per heavy atom. The van der Waals surface area contributed by atoms with Gasteiger partial charge in [0.15, 0.2) is 0 Å². The Bertz CT molecular complexity index is 333. The van der Waals surface area contributed by atoms with E-state index in [0.29, 0.717) is 0 Å². The Morgan fingerprint density at radius 1 is 1.53 bits per heavy atom. The van der Waals surface area contributed by atoms with E-state index < -0.39 is 0 Å². The van der Waals surface area contributed by atoms with Crippen LogP contribution in [0.3, 0.4) is 0 Å². The van der Waals surface area contributed by atoms with Crippen LogP contribution in [-0.4, -0.2) is 6.54 Å². The molecule has 0 bridgehead atoms. The van der Waals surface area contributed by atoms with Gasteiger partial charge in [0, 0.05) is 12.6 Å². The fourth-order valence-corrected chi connectivity index (χ4v) is 1.52. The first kappa shape index (κ1) is 11.9. The molecule has 1 atom stereocenters. The molecular weight excluding hydrogens is 189 g/mol. The second kappa shape index (κ2) is 5.66. The normalized spacial score (nSPS) is 12.5. The maximum absolute atomic E-state index is 13.0. The van der Waals surface area contributed by atoms with Crippen molar-refractivity contribution in [1.82, 2.24) is 5.32 Å². The second-order valence-electron chi connectivity index (χ2n) is 3.85. The van der Waals surface area contributed by atoms with Crippen LogP contribution >= 0.6 is 0 Å². The molecule has 0 saturated carbocycles. The molecule has 1 rings (SSSR count). The molecule has 1 N–H and O–H groups in total. The zero-order chi connectivity index (χ0) is 11.3. The number of nitrogens with one attached hydrogen (secondary N) is 1. The quantitative estimate of drug-likeness (QED) is 0.729.